The predicted molar refractivity (Wildman–Crippen MR) is 83.6 cm³/mol. The maximum absolute atomic E-state index is 13.9. The summed E-state index contributed by atoms with van der Waals surface area (Å²) in [5.74, 6) is 0.371. The number of rotatable bonds is 3. The van der Waals surface area contributed by atoms with Crippen molar-refractivity contribution in [1.82, 2.24) is 0 Å². The van der Waals surface area contributed by atoms with Gasteiger partial charge in [0.1, 0.15) is 17.7 Å². The van der Waals surface area contributed by atoms with Gasteiger partial charge in [0, 0.05) is 23.1 Å². The van der Waals surface area contributed by atoms with E-state index in [-0.39, 0.29) is 11.9 Å². The lowest BCUT2D eigenvalue weighted by Gasteiger charge is -2.13. The molecular formula is C16H14Cl2FNO. The van der Waals surface area contributed by atoms with Crippen molar-refractivity contribution in [2.45, 2.75) is 18.9 Å². The number of nitrogens with two attached hydrogens (primary N) is 1. The summed E-state index contributed by atoms with van der Waals surface area (Å²) in [4.78, 5) is 0. The third-order valence-corrected chi connectivity index (χ3v) is 4.41. The Bertz CT molecular complexity index is 690. The zero-order valence-electron chi connectivity index (χ0n) is 11.2. The first-order valence-corrected chi connectivity index (χ1v) is 7.49. The van der Waals surface area contributed by atoms with E-state index < -0.39 is 0 Å². The number of benzene rings is 2. The molecule has 2 aromatic carbocycles. The Kier molecular flexibility index (Phi) is 4.07. The van der Waals surface area contributed by atoms with Crippen LogP contribution in [0.5, 0.6) is 5.75 Å². The minimum Gasteiger partial charge on any atom is -0.489 e. The fourth-order valence-electron chi connectivity index (χ4n) is 2.65. The van der Waals surface area contributed by atoms with Gasteiger partial charge >= 0.3 is 0 Å². The van der Waals surface area contributed by atoms with Gasteiger partial charge in [0.05, 0.1) is 10.0 Å². The summed E-state index contributed by atoms with van der Waals surface area (Å²) in [6.45, 7) is 0.536. The molecule has 0 aromatic heterocycles. The molecule has 1 unspecified atom stereocenters. The lowest BCUT2D eigenvalue weighted by Crippen LogP contribution is -2.17. The van der Waals surface area contributed by atoms with Gasteiger partial charge in [-0.3, -0.25) is 0 Å². The number of ether oxygens (including phenoxy) is 1. The molecule has 2 aromatic rings. The summed E-state index contributed by atoms with van der Waals surface area (Å²) in [6, 6.07) is 8.23. The number of fused-ring (bicyclic) bond motifs is 1. The van der Waals surface area contributed by atoms with Crippen LogP contribution in [0.4, 0.5) is 4.39 Å². The first-order chi connectivity index (χ1) is 10.1. The molecule has 5 heteroatoms. The van der Waals surface area contributed by atoms with Crippen LogP contribution in [0.15, 0.2) is 30.3 Å². The summed E-state index contributed by atoms with van der Waals surface area (Å²) >= 11 is 12.3. The first-order valence-electron chi connectivity index (χ1n) is 6.73. The lowest BCUT2D eigenvalue weighted by molar-refractivity contribution is 0.225. The summed E-state index contributed by atoms with van der Waals surface area (Å²) in [5.41, 5.74) is 7.73. The van der Waals surface area contributed by atoms with Crippen molar-refractivity contribution in [3.8, 4) is 16.9 Å². The average molecular weight is 326 g/mol. The van der Waals surface area contributed by atoms with E-state index in [4.69, 9.17) is 33.7 Å². The lowest BCUT2D eigenvalue weighted by atomic mass is 10.00. The van der Waals surface area contributed by atoms with E-state index >= 15 is 0 Å². The van der Waals surface area contributed by atoms with Gasteiger partial charge in [-0.25, -0.2) is 4.39 Å². The van der Waals surface area contributed by atoms with Crippen LogP contribution in [-0.4, -0.2) is 12.6 Å². The quantitative estimate of drug-likeness (QED) is 0.904. The van der Waals surface area contributed by atoms with E-state index in [0.29, 0.717) is 39.9 Å². The van der Waals surface area contributed by atoms with Gasteiger partial charge in [0.15, 0.2) is 0 Å². The van der Waals surface area contributed by atoms with Crippen molar-refractivity contribution in [1.29, 1.82) is 0 Å². The normalized spacial score (nSPS) is 16.7. The van der Waals surface area contributed by atoms with Crippen LogP contribution < -0.4 is 10.5 Å². The van der Waals surface area contributed by atoms with Crippen LogP contribution in [0.2, 0.25) is 10.0 Å². The molecule has 0 saturated carbocycles. The second-order valence-electron chi connectivity index (χ2n) is 5.06. The van der Waals surface area contributed by atoms with Crippen LogP contribution in [0.1, 0.15) is 12.0 Å². The van der Waals surface area contributed by atoms with Gasteiger partial charge in [0.2, 0.25) is 0 Å². The summed E-state index contributed by atoms with van der Waals surface area (Å²) in [6.07, 6.45) is 1.39. The van der Waals surface area contributed by atoms with E-state index in [2.05, 4.69) is 0 Å². The summed E-state index contributed by atoms with van der Waals surface area (Å²) in [5, 5.41) is 0.835. The molecule has 110 valence electrons. The van der Waals surface area contributed by atoms with Gasteiger partial charge in [-0.2, -0.15) is 0 Å². The molecule has 1 atom stereocenters. The van der Waals surface area contributed by atoms with E-state index in [9.17, 15) is 4.39 Å². The minimum absolute atomic E-state index is 0.0106. The number of halogens is 3. The zero-order chi connectivity index (χ0) is 15.0. The molecule has 0 aliphatic carbocycles. The average Bonchev–Trinajstić information content (AvgIpc) is 2.84. The monoisotopic (exact) mass is 325 g/mol. The smallest absolute Gasteiger partial charge is 0.131 e. The van der Waals surface area contributed by atoms with Crippen molar-refractivity contribution >= 4 is 23.2 Å². The van der Waals surface area contributed by atoms with Crippen molar-refractivity contribution in [3.05, 3.63) is 51.8 Å². The second-order valence-corrected chi connectivity index (χ2v) is 5.85. The third-order valence-electron chi connectivity index (χ3n) is 3.59. The third kappa shape index (κ3) is 2.73. The fourth-order valence-corrected chi connectivity index (χ4v) is 3.06. The molecule has 21 heavy (non-hydrogen) atoms. The van der Waals surface area contributed by atoms with Gasteiger partial charge in [-0.15, -0.1) is 0 Å². The molecule has 0 radical (unpaired) electrons. The van der Waals surface area contributed by atoms with Crippen molar-refractivity contribution in [3.63, 3.8) is 0 Å². The molecule has 2 nitrogen and oxygen atoms in total. The summed E-state index contributed by atoms with van der Waals surface area (Å²) in [7, 11) is 0. The topological polar surface area (TPSA) is 35.2 Å². The zero-order valence-corrected chi connectivity index (χ0v) is 12.7. The number of hydrogen-bond acceptors (Lipinski definition) is 2. The highest BCUT2D eigenvalue weighted by Gasteiger charge is 2.27. The Hall–Kier alpha value is -1.29. The standard InChI is InChI=1S/C16H14Cl2FNO/c17-14-3-1-2-12(15(14)18)13-8-10(19)6-9-7-11(4-5-20)21-16(9)13/h1-3,6,8,11H,4-5,7,20H2. The molecule has 0 spiro atoms. The van der Waals surface area contributed by atoms with Crippen LogP contribution in [-0.2, 0) is 6.42 Å². The Morgan fingerprint density at radius 3 is 2.81 bits per heavy atom. The molecular weight excluding hydrogens is 312 g/mol. The highest BCUT2D eigenvalue weighted by Crippen LogP contribution is 2.43. The Morgan fingerprint density at radius 1 is 1.24 bits per heavy atom. The molecule has 0 saturated heterocycles. The van der Waals surface area contributed by atoms with Crippen molar-refractivity contribution in [2.24, 2.45) is 5.73 Å². The fraction of sp³-hybridized carbons (Fsp3) is 0.250. The SMILES string of the molecule is NCCC1Cc2cc(F)cc(-c3cccc(Cl)c3Cl)c2O1. The van der Waals surface area contributed by atoms with Gasteiger partial charge in [-0.05, 0) is 31.2 Å². The van der Waals surface area contributed by atoms with Crippen molar-refractivity contribution in [2.75, 3.05) is 6.54 Å². The maximum atomic E-state index is 13.9. The Balaban J connectivity index is 2.11. The van der Waals surface area contributed by atoms with Crippen LogP contribution in [0, 0.1) is 5.82 Å². The van der Waals surface area contributed by atoms with Crippen LogP contribution in [0.25, 0.3) is 11.1 Å². The first kappa shape index (κ1) is 14.6. The molecule has 2 N–H and O–H groups in total. The van der Waals surface area contributed by atoms with Crippen molar-refractivity contribution < 1.29 is 9.13 Å². The highest BCUT2D eigenvalue weighted by molar-refractivity contribution is 6.43. The molecule has 0 bridgehead atoms. The Morgan fingerprint density at radius 2 is 2.05 bits per heavy atom. The Labute approximate surface area is 132 Å². The van der Waals surface area contributed by atoms with Crippen LogP contribution in [0.3, 0.4) is 0 Å². The number of hydrogen-bond donors (Lipinski definition) is 1. The molecule has 1 heterocycles. The maximum Gasteiger partial charge on any atom is 0.131 e. The molecule has 1 aliphatic rings. The van der Waals surface area contributed by atoms with Gasteiger partial charge in [0.25, 0.3) is 0 Å². The second kappa shape index (κ2) is 5.84. The van der Waals surface area contributed by atoms with Gasteiger partial charge in [-0.1, -0.05) is 35.3 Å². The molecule has 0 fully saturated rings. The van der Waals surface area contributed by atoms with Gasteiger partial charge < -0.3 is 10.5 Å². The molecule has 3 rings (SSSR count). The largest absolute Gasteiger partial charge is 0.489 e. The van der Waals surface area contributed by atoms with E-state index in [1.54, 1.807) is 12.1 Å². The highest BCUT2D eigenvalue weighted by atomic mass is 35.5. The molecule has 0 amide bonds. The van der Waals surface area contributed by atoms with E-state index in [1.165, 1.54) is 12.1 Å². The molecule has 1 aliphatic heterocycles. The van der Waals surface area contributed by atoms with E-state index in [0.717, 1.165) is 12.0 Å². The predicted octanol–water partition coefficient (Wildman–Crippen LogP) is 4.45. The van der Waals surface area contributed by atoms with E-state index in [1.807, 2.05) is 6.07 Å². The van der Waals surface area contributed by atoms with Crippen LogP contribution >= 0.6 is 23.2 Å². The summed E-state index contributed by atoms with van der Waals surface area (Å²) < 4.78 is 19.8. The minimum atomic E-state index is -0.309.